The number of thiophene rings is 1. The molecule has 4 heterocycles. The summed E-state index contributed by atoms with van der Waals surface area (Å²) in [4.78, 5) is 32.4. The molecule has 154 valence electrons. The first kappa shape index (κ1) is 19.0. The number of rotatable bonds is 4. The van der Waals surface area contributed by atoms with Crippen LogP contribution in [-0.2, 0) is 13.6 Å². The van der Waals surface area contributed by atoms with Crippen molar-refractivity contribution >= 4 is 21.6 Å². The van der Waals surface area contributed by atoms with E-state index in [9.17, 15) is 9.59 Å². The average molecular weight is 422 g/mol. The molecular formula is C22H23N5O2S. The standard InChI is InChI=1S/C22H23N5O2S/c1-25-12-11-24-19(25)14-26-17-13-18(15-5-3-2-4-6-15)30-20(17)21(28)27(22(26)29)16-7-9-23-10-8-16/h2-6,11-13,16,23H,7-10,14H2,1H3. The van der Waals surface area contributed by atoms with E-state index < -0.39 is 0 Å². The Hall–Kier alpha value is -2.97. The number of nitrogens with zero attached hydrogens (tertiary/aromatic N) is 4. The topological polar surface area (TPSA) is 73.8 Å². The zero-order chi connectivity index (χ0) is 20.7. The van der Waals surface area contributed by atoms with Crippen molar-refractivity contribution in [2.45, 2.75) is 25.4 Å². The SMILES string of the molecule is Cn1ccnc1Cn1c(=O)n(C2CCNCC2)c(=O)c2sc(-c3ccccc3)cc21. The van der Waals surface area contributed by atoms with Crippen LogP contribution in [0.15, 0.2) is 58.4 Å². The van der Waals surface area contributed by atoms with E-state index >= 15 is 0 Å². The van der Waals surface area contributed by atoms with Gasteiger partial charge in [0.25, 0.3) is 5.56 Å². The highest BCUT2D eigenvalue weighted by molar-refractivity contribution is 7.22. The molecule has 1 fully saturated rings. The number of imidazole rings is 1. The third-order valence-electron chi connectivity index (χ3n) is 5.81. The Bertz CT molecular complexity index is 1310. The van der Waals surface area contributed by atoms with Crippen LogP contribution < -0.4 is 16.6 Å². The van der Waals surface area contributed by atoms with Gasteiger partial charge in [0, 0.05) is 30.4 Å². The molecule has 0 bridgehead atoms. The minimum Gasteiger partial charge on any atom is -0.337 e. The van der Waals surface area contributed by atoms with E-state index in [0.29, 0.717) is 16.8 Å². The summed E-state index contributed by atoms with van der Waals surface area (Å²) in [6.07, 6.45) is 5.15. The fourth-order valence-electron chi connectivity index (χ4n) is 4.14. The van der Waals surface area contributed by atoms with Crippen LogP contribution in [0.5, 0.6) is 0 Å². The maximum Gasteiger partial charge on any atom is 0.332 e. The molecule has 0 spiro atoms. The van der Waals surface area contributed by atoms with Gasteiger partial charge in [0.1, 0.15) is 10.5 Å². The van der Waals surface area contributed by atoms with E-state index in [1.807, 2.05) is 54.2 Å². The fourth-order valence-corrected chi connectivity index (χ4v) is 5.24. The third-order valence-corrected chi connectivity index (χ3v) is 6.97. The van der Waals surface area contributed by atoms with E-state index in [1.54, 1.807) is 10.8 Å². The normalized spacial score (nSPS) is 15.1. The van der Waals surface area contributed by atoms with E-state index in [-0.39, 0.29) is 17.3 Å². The van der Waals surface area contributed by atoms with Crippen molar-refractivity contribution in [2.75, 3.05) is 13.1 Å². The Kier molecular flexibility index (Phi) is 4.88. The Balaban J connectivity index is 1.75. The molecule has 1 aromatic carbocycles. The Morgan fingerprint density at radius 3 is 2.63 bits per heavy atom. The second-order valence-corrected chi connectivity index (χ2v) is 8.72. The van der Waals surface area contributed by atoms with Gasteiger partial charge in [-0.05, 0) is 37.6 Å². The van der Waals surface area contributed by atoms with Crippen LogP contribution in [0.2, 0.25) is 0 Å². The summed E-state index contributed by atoms with van der Waals surface area (Å²) in [7, 11) is 1.91. The van der Waals surface area contributed by atoms with E-state index in [2.05, 4.69) is 10.3 Å². The number of hydrogen-bond acceptors (Lipinski definition) is 5. The van der Waals surface area contributed by atoms with E-state index in [4.69, 9.17) is 0 Å². The van der Waals surface area contributed by atoms with Gasteiger partial charge in [-0.3, -0.25) is 13.9 Å². The molecule has 8 heteroatoms. The largest absolute Gasteiger partial charge is 0.337 e. The molecule has 0 atom stereocenters. The minimum atomic E-state index is -0.250. The molecule has 1 aliphatic heterocycles. The highest BCUT2D eigenvalue weighted by Gasteiger charge is 2.24. The molecule has 7 nitrogen and oxygen atoms in total. The molecule has 0 aliphatic carbocycles. The molecule has 1 aliphatic rings. The smallest absolute Gasteiger partial charge is 0.332 e. The number of aromatic nitrogens is 4. The van der Waals surface area contributed by atoms with Gasteiger partial charge in [-0.1, -0.05) is 30.3 Å². The maximum absolute atomic E-state index is 13.6. The summed E-state index contributed by atoms with van der Waals surface area (Å²) in [6.45, 7) is 1.95. The summed E-state index contributed by atoms with van der Waals surface area (Å²) in [6, 6.07) is 11.9. The van der Waals surface area contributed by atoms with Gasteiger partial charge in [0.05, 0.1) is 12.1 Å². The van der Waals surface area contributed by atoms with Crippen LogP contribution in [0.4, 0.5) is 0 Å². The lowest BCUT2D eigenvalue weighted by molar-refractivity contribution is 0.346. The van der Waals surface area contributed by atoms with Gasteiger partial charge >= 0.3 is 5.69 Å². The highest BCUT2D eigenvalue weighted by Crippen LogP contribution is 2.31. The Labute approximate surface area is 177 Å². The fraction of sp³-hybridized carbons (Fsp3) is 0.318. The molecule has 1 saturated heterocycles. The number of benzene rings is 1. The molecule has 4 aromatic rings. The van der Waals surface area contributed by atoms with Crippen molar-refractivity contribution in [3.05, 3.63) is 75.5 Å². The van der Waals surface area contributed by atoms with Crippen molar-refractivity contribution in [1.82, 2.24) is 24.0 Å². The number of piperidine rings is 1. The molecule has 3 aromatic heterocycles. The lowest BCUT2D eigenvalue weighted by Gasteiger charge is -2.25. The summed E-state index contributed by atoms with van der Waals surface area (Å²) in [5.74, 6) is 0.779. The number of nitrogens with one attached hydrogen (secondary N) is 1. The summed E-state index contributed by atoms with van der Waals surface area (Å²) in [5, 5.41) is 3.31. The van der Waals surface area contributed by atoms with Crippen LogP contribution >= 0.6 is 11.3 Å². The van der Waals surface area contributed by atoms with Crippen molar-refractivity contribution < 1.29 is 0 Å². The average Bonchev–Trinajstić information content (AvgIpc) is 3.39. The molecule has 5 rings (SSSR count). The van der Waals surface area contributed by atoms with Gasteiger partial charge in [-0.15, -0.1) is 11.3 Å². The Morgan fingerprint density at radius 1 is 1.17 bits per heavy atom. The molecule has 0 unspecified atom stereocenters. The summed E-state index contributed by atoms with van der Waals surface area (Å²) >= 11 is 1.46. The molecule has 30 heavy (non-hydrogen) atoms. The number of hydrogen-bond donors (Lipinski definition) is 1. The zero-order valence-corrected chi connectivity index (χ0v) is 17.6. The summed E-state index contributed by atoms with van der Waals surface area (Å²) < 4.78 is 5.73. The molecular weight excluding hydrogens is 398 g/mol. The third kappa shape index (κ3) is 3.22. The summed E-state index contributed by atoms with van der Waals surface area (Å²) in [5.41, 5.74) is 1.30. The Morgan fingerprint density at radius 2 is 1.93 bits per heavy atom. The van der Waals surface area contributed by atoms with Gasteiger partial charge in [0.15, 0.2) is 0 Å². The van der Waals surface area contributed by atoms with Crippen LogP contribution in [0, 0.1) is 0 Å². The van der Waals surface area contributed by atoms with Gasteiger partial charge in [-0.25, -0.2) is 9.78 Å². The highest BCUT2D eigenvalue weighted by atomic mass is 32.1. The van der Waals surface area contributed by atoms with Crippen LogP contribution in [0.25, 0.3) is 20.7 Å². The first-order chi connectivity index (χ1) is 14.6. The van der Waals surface area contributed by atoms with Crippen LogP contribution in [-0.4, -0.2) is 31.8 Å². The number of aryl methyl sites for hydroxylation is 1. The predicted molar refractivity (Wildman–Crippen MR) is 119 cm³/mol. The van der Waals surface area contributed by atoms with Crippen molar-refractivity contribution in [1.29, 1.82) is 0 Å². The molecule has 1 N–H and O–H groups in total. The first-order valence-corrected chi connectivity index (χ1v) is 11.0. The molecule has 0 amide bonds. The lowest BCUT2D eigenvalue weighted by Crippen LogP contribution is -2.45. The second kappa shape index (κ2) is 7.70. The predicted octanol–water partition coefficient (Wildman–Crippen LogP) is 2.60. The van der Waals surface area contributed by atoms with Gasteiger partial charge in [0.2, 0.25) is 0 Å². The van der Waals surface area contributed by atoms with Crippen molar-refractivity contribution in [2.24, 2.45) is 7.05 Å². The van der Waals surface area contributed by atoms with E-state index in [0.717, 1.165) is 42.2 Å². The maximum atomic E-state index is 13.6. The molecule has 0 radical (unpaired) electrons. The zero-order valence-electron chi connectivity index (χ0n) is 16.7. The first-order valence-electron chi connectivity index (χ1n) is 10.1. The van der Waals surface area contributed by atoms with Crippen molar-refractivity contribution in [3.8, 4) is 10.4 Å². The molecule has 0 saturated carbocycles. The lowest BCUT2D eigenvalue weighted by atomic mass is 10.1. The minimum absolute atomic E-state index is 0.0782. The van der Waals surface area contributed by atoms with Crippen LogP contribution in [0.1, 0.15) is 24.7 Å². The quantitative estimate of drug-likeness (QED) is 0.550. The second-order valence-electron chi connectivity index (χ2n) is 7.67. The van der Waals surface area contributed by atoms with Crippen molar-refractivity contribution in [3.63, 3.8) is 0 Å². The van der Waals surface area contributed by atoms with E-state index in [1.165, 1.54) is 15.9 Å². The van der Waals surface area contributed by atoms with Gasteiger partial charge < -0.3 is 9.88 Å². The van der Waals surface area contributed by atoms with Gasteiger partial charge in [-0.2, -0.15) is 0 Å². The van der Waals surface area contributed by atoms with Crippen LogP contribution in [0.3, 0.4) is 0 Å². The number of fused-ring (bicyclic) bond motifs is 1. The monoisotopic (exact) mass is 421 g/mol.